The molecule has 0 saturated carbocycles. The molecule has 1 aromatic rings. The van der Waals surface area contributed by atoms with Gasteiger partial charge in [0.1, 0.15) is 6.61 Å². The van der Waals surface area contributed by atoms with Crippen molar-refractivity contribution in [1.29, 1.82) is 0 Å². The number of benzene rings is 1. The Morgan fingerprint density at radius 1 is 1.14 bits per heavy atom. The summed E-state index contributed by atoms with van der Waals surface area (Å²) in [5.41, 5.74) is 2.31. The zero-order chi connectivity index (χ0) is 16.5. The smallest absolute Gasteiger partial charge is 0.250 e. The molecule has 2 amide bonds. The maximum absolute atomic E-state index is 12.0. The fourth-order valence-electron chi connectivity index (χ4n) is 2.05. The molecule has 6 heteroatoms. The lowest BCUT2D eigenvalue weighted by Crippen LogP contribution is -2.32. The lowest BCUT2D eigenvalue weighted by molar-refractivity contribution is -0.119. The lowest BCUT2D eigenvalue weighted by Gasteiger charge is -2.17. The van der Waals surface area contributed by atoms with Crippen molar-refractivity contribution in [3.05, 3.63) is 23.8 Å². The summed E-state index contributed by atoms with van der Waals surface area (Å²) in [5.74, 6) is -0.247. The molecule has 0 fully saturated rings. The van der Waals surface area contributed by atoms with E-state index in [2.05, 4.69) is 10.6 Å². The fraction of sp³-hybridized carbons (Fsp3) is 0.500. The van der Waals surface area contributed by atoms with Gasteiger partial charge in [0.05, 0.1) is 6.54 Å². The number of methoxy groups -OCH3 is 1. The average Bonchev–Trinajstić information content (AvgIpc) is 2.48. The molecule has 0 spiro atoms. The predicted octanol–water partition coefficient (Wildman–Crippen LogP) is 1.86. The molecule has 122 valence electrons. The van der Waals surface area contributed by atoms with E-state index in [0.717, 1.165) is 24.3 Å². The van der Waals surface area contributed by atoms with E-state index >= 15 is 0 Å². The maximum atomic E-state index is 12.0. The Hall–Kier alpha value is -1.92. The van der Waals surface area contributed by atoms with E-state index in [4.69, 9.17) is 4.74 Å². The largest absolute Gasteiger partial charge is 0.375 e. The molecule has 0 heterocycles. The van der Waals surface area contributed by atoms with Crippen LogP contribution in [0.5, 0.6) is 0 Å². The fourth-order valence-corrected chi connectivity index (χ4v) is 2.05. The van der Waals surface area contributed by atoms with Crippen molar-refractivity contribution in [3.8, 4) is 0 Å². The van der Waals surface area contributed by atoms with Gasteiger partial charge in [-0.1, -0.05) is 13.8 Å². The zero-order valence-electron chi connectivity index (χ0n) is 13.7. The Labute approximate surface area is 131 Å². The summed E-state index contributed by atoms with van der Waals surface area (Å²) in [6.07, 6.45) is 0. The minimum atomic E-state index is -0.205. The van der Waals surface area contributed by atoms with Crippen molar-refractivity contribution >= 4 is 23.2 Å². The third-order valence-electron chi connectivity index (χ3n) is 3.32. The molecule has 0 aliphatic rings. The van der Waals surface area contributed by atoms with Gasteiger partial charge in [0.15, 0.2) is 0 Å². The lowest BCUT2D eigenvalue weighted by atomic mass is 10.1. The number of ether oxygens (including phenoxy) is 1. The molecule has 0 saturated heterocycles. The third-order valence-corrected chi connectivity index (χ3v) is 3.32. The first kappa shape index (κ1) is 18.1. The van der Waals surface area contributed by atoms with Crippen molar-refractivity contribution < 1.29 is 14.3 Å². The number of carbonyl (C=O) groups excluding carboxylic acids is 2. The van der Waals surface area contributed by atoms with Crippen LogP contribution in [0.1, 0.15) is 19.4 Å². The zero-order valence-corrected chi connectivity index (χ0v) is 13.7. The van der Waals surface area contributed by atoms with Crippen LogP contribution in [0, 0.1) is 6.92 Å². The van der Waals surface area contributed by atoms with Crippen LogP contribution in [0.3, 0.4) is 0 Å². The van der Waals surface area contributed by atoms with Gasteiger partial charge in [-0.25, -0.2) is 0 Å². The topological polar surface area (TPSA) is 70.7 Å². The number of rotatable bonds is 8. The minimum Gasteiger partial charge on any atom is -0.375 e. The van der Waals surface area contributed by atoms with Gasteiger partial charge in [-0.15, -0.1) is 0 Å². The van der Waals surface area contributed by atoms with E-state index < -0.39 is 0 Å². The van der Waals surface area contributed by atoms with E-state index in [9.17, 15) is 9.59 Å². The van der Waals surface area contributed by atoms with E-state index in [1.807, 2.05) is 31.7 Å². The van der Waals surface area contributed by atoms with Crippen LogP contribution in [0.4, 0.5) is 11.4 Å². The van der Waals surface area contributed by atoms with Crippen LogP contribution in [0.15, 0.2) is 18.2 Å². The van der Waals surface area contributed by atoms with E-state index in [-0.39, 0.29) is 18.4 Å². The number of anilines is 2. The Bertz CT molecular complexity index is 513. The number of hydrogen-bond acceptors (Lipinski definition) is 4. The van der Waals surface area contributed by atoms with E-state index in [0.29, 0.717) is 12.2 Å². The van der Waals surface area contributed by atoms with Gasteiger partial charge in [0.2, 0.25) is 11.8 Å². The average molecular weight is 307 g/mol. The normalized spacial score (nSPS) is 10.6. The SMILES string of the molecule is CCN(CC)CC(=O)Nc1ccc(NC(=O)COC)c(C)c1. The standard InChI is InChI=1S/C16H25N3O3/c1-5-19(6-2)10-15(20)17-13-7-8-14(12(3)9-13)18-16(21)11-22-4/h7-9H,5-6,10-11H2,1-4H3,(H,17,20)(H,18,21). The van der Waals surface area contributed by atoms with E-state index in [1.165, 1.54) is 7.11 Å². The van der Waals surface area contributed by atoms with Crippen molar-refractivity contribution in [2.24, 2.45) is 0 Å². The summed E-state index contributed by atoms with van der Waals surface area (Å²) in [4.78, 5) is 25.5. The van der Waals surface area contributed by atoms with Gasteiger partial charge in [-0.05, 0) is 43.8 Å². The minimum absolute atomic E-state index is 0.0157. The van der Waals surface area contributed by atoms with Crippen molar-refractivity contribution in [2.45, 2.75) is 20.8 Å². The van der Waals surface area contributed by atoms with Gasteiger partial charge < -0.3 is 15.4 Å². The van der Waals surface area contributed by atoms with Crippen LogP contribution >= 0.6 is 0 Å². The van der Waals surface area contributed by atoms with Crippen molar-refractivity contribution in [1.82, 2.24) is 4.90 Å². The summed E-state index contributed by atoms with van der Waals surface area (Å²) >= 11 is 0. The molecule has 0 aliphatic carbocycles. The molecule has 0 aliphatic heterocycles. The molecule has 0 aromatic heterocycles. The van der Waals surface area contributed by atoms with Crippen molar-refractivity contribution in [3.63, 3.8) is 0 Å². The molecule has 0 unspecified atom stereocenters. The highest BCUT2D eigenvalue weighted by molar-refractivity contribution is 5.94. The second kappa shape index (κ2) is 9.17. The Morgan fingerprint density at radius 2 is 1.82 bits per heavy atom. The molecule has 0 radical (unpaired) electrons. The van der Waals surface area contributed by atoms with E-state index in [1.54, 1.807) is 12.1 Å². The summed E-state index contributed by atoms with van der Waals surface area (Å²) < 4.78 is 4.78. The second-order valence-electron chi connectivity index (χ2n) is 5.02. The number of likely N-dealkylation sites (N-methyl/N-ethyl adjacent to an activating group) is 1. The van der Waals surface area contributed by atoms with Gasteiger partial charge in [-0.3, -0.25) is 14.5 Å². The quantitative estimate of drug-likeness (QED) is 0.769. The second-order valence-corrected chi connectivity index (χ2v) is 5.02. The first-order valence-corrected chi connectivity index (χ1v) is 7.41. The Kier molecular flexibility index (Phi) is 7.56. The monoisotopic (exact) mass is 307 g/mol. The molecule has 6 nitrogen and oxygen atoms in total. The first-order chi connectivity index (χ1) is 10.5. The number of nitrogens with one attached hydrogen (secondary N) is 2. The highest BCUT2D eigenvalue weighted by Crippen LogP contribution is 2.19. The highest BCUT2D eigenvalue weighted by Gasteiger charge is 2.09. The van der Waals surface area contributed by atoms with Crippen LogP contribution < -0.4 is 10.6 Å². The molecule has 22 heavy (non-hydrogen) atoms. The highest BCUT2D eigenvalue weighted by atomic mass is 16.5. The summed E-state index contributed by atoms with van der Waals surface area (Å²) in [6, 6.07) is 5.38. The number of carbonyl (C=O) groups is 2. The first-order valence-electron chi connectivity index (χ1n) is 7.41. The van der Waals surface area contributed by atoms with Crippen LogP contribution in [0.2, 0.25) is 0 Å². The number of amides is 2. The molecule has 1 aromatic carbocycles. The molecular weight excluding hydrogens is 282 g/mol. The number of hydrogen-bond donors (Lipinski definition) is 2. The third kappa shape index (κ3) is 5.83. The summed E-state index contributed by atoms with van der Waals surface area (Å²) in [7, 11) is 1.47. The summed E-state index contributed by atoms with van der Waals surface area (Å²) in [6.45, 7) is 8.00. The number of aryl methyl sites for hydroxylation is 1. The molecular formula is C16H25N3O3. The number of nitrogens with zero attached hydrogens (tertiary/aromatic N) is 1. The van der Waals surface area contributed by atoms with Crippen LogP contribution in [-0.4, -0.2) is 50.1 Å². The van der Waals surface area contributed by atoms with Gasteiger partial charge >= 0.3 is 0 Å². The maximum Gasteiger partial charge on any atom is 0.250 e. The van der Waals surface area contributed by atoms with Crippen LogP contribution in [0.25, 0.3) is 0 Å². The summed E-state index contributed by atoms with van der Waals surface area (Å²) in [5, 5.41) is 5.63. The van der Waals surface area contributed by atoms with Gasteiger partial charge in [0, 0.05) is 18.5 Å². The van der Waals surface area contributed by atoms with Gasteiger partial charge in [0.25, 0.3) is 0 Å². The predicted molar refractivity (Wildman–Crippen MR) is 88.1 cm³/mol. The molecule has 2 N–H and O–H groups in total. The molecule has 1 rings (SSSR count). The molecule has 0 bridgehead atoms. The Morgan fingerprint density at radius 3 is 2.36 bits per heavy atom. The van der Waals surface area contributed by atoms with Crippen molar-refractivity contribution in [2.75, 3.05) is 44.0 Å². The van der Waals surface area contributed by atoms with Crippen LogP contribution in [-0.2, 0) is 14.3 Å². The van der Waals surface area contributed by atoms with Gasteiger partial charge in [-0.2, -0.15) is 0 Å². The molecule has 0 atom stereocenters. The Balaban J connectivity index is 2.65.